The van der Waals surface area contributed by atoms with Crippen molar-refractivity contribution >= 4 is 23.4 Å². The Hall–Kier alpha value is -1.59. The first kappa shape index (κ1) is 16.3. The second-order valence-electron chi connectivity index (χ2n) is 6.62. The van der Waals surface area contributed by atoms with E-state index >= 15 is 0 Å². The minimum atomic E-state index is -1.60. The summed E-state index contributed by atoms with van der Waals surface area (Å²) in [7, 11) is 0. The molecule has 3 rings (SSSR count). The molecule has 0 saturated carbocycles. The zero-order chi connectivity index (χ0) is 16.6. The number of rotatable bonds is 2. The molecule has 124 valence electrons. The first-order chi connectivity index (χ1) is 10.9. The van der Waals surface area contributed by atoms with Crippen LogP contribution in [0, 0.1) is 5.92 Å². The van der Waals surface area contributed by atoms with Crippen LogP contribution in [0.3, 0.4) is 0 Å². The van der Waals surface area contributed by atoms with Gasteiger partial charge in [0.1, 0.15) is 0 Å². The van der Waals surface area contributed by atoms with E-state index < -0.39 is 5.60 Å². The van der Waals surface area contributed by atoms with Crippen molar-refractivity contribution in [2.24, 2.45) is 5.92 Å². The number of nitrogens with one attached hydrogen (secondary N) is 1. The summed E-state index contributed by atoms with van der Waals surface area (Å²) in [6.07, 6.45) is 2.34. The third kappa shape index (κ3) is 3.21. The van der Waals surface area contributed by atoms with Crippen molar-refractivity contribution in [1.82, 2.24) is 10.2 Å². The quantitative estimate of drug-likeness (QED) is 0.863. The minimum absolute atomic E-state index is 0.00466. The van der Waals surface area contributed by atoms with Gasteiger partial charge in [-0.1, -0.05) is 23.7 Å². The number of halogens is 1. The Morgan fingerprint density at radius 1 is 1.35 bits per heavy atom. The highest BCUT2D eigenvalue weighted by Gasteiger charge is 2.43. The molecule has 0 bridgehead atoms. The lowest BCUT2D eigenvalue weighted by atomic mass is 9.94. The highest BCUT2D eigenvalue weighted by atomic mass is 35.5. The third-order valence-corrected chi connectivity index (χ3v) is 5.13. The maximum Gasteiger partial charge on any atom is 0.258 e. The van der Waals surface area contributed by atoms with E-state index in [0.29, 0.717) is 30.1 Å². The normalized spacial score (nSPS) is 26.9. The van der Waals surface area contributed by atoms with Crippen LogP contribution in [0.5, 0.6) is 0 Å². The van der Waals surface area contributed by atoms with E-state index in [1.54, 1.807) is 29.2 Å². The lowest BCUT2D eigenvalue weighted by Gasteiger charge is -2.28. The largest absolute Gasteiger partial charge is 0.376 e. The Labute approximate surface area is 140 Å². The molecule has 2 heterocycles. The zero-order valence-electron chi connectivity index (χ0n) is 13.1. The van der Waals surface area contributed by atoms with E-state index in [4.69, 9.17) is 11.6 Å². The zero-order valence-corrected chi connectivity index (χ0v) is 13.8. The van der Waals surface area contributed by atoms with Crippen molar-refractivity contribution in [1.29, 1.82) is 0 Å². The first-order valence-electron chi connectivity index (χ1n) is 7.95. The van der Waals surface area contributed by atoms with Crippen molar-refractivity contribution in [2.45, 2.75) is 37.8 Å². The number of benzene rings is 1. The molecule has 2 N–H and O–H groups in total. The van der Waals surface area contributed by atoms with Crippen molar-refractivity contribution in [2.75, 3.05) is 13.1 Å². The molecule has 0 radical (unpaired) electrons. The SMILES string of the molecule is CC(O)(C(=O)N1CC2CCCC(=O)NC2C1)c1ccc(Cl)cc1. The number of likely N-dealkylation sites (tertiary alicyclic amines) is 1. The number of aliphatic hydroxyl groups is 1. The summed E-state index contributed by atoms with van der Waals surface area (Å²) >= 11 is 5.86. The lowest BCUT2D eigenvalue weighted by molar-refractivity contribution is -0.149. The van der Waals surface area contributed by atoms with Gasteiger partial charge in [-0.05, 0) is 43.4 Å². The van der Waals surface area contributed by atoms with Crippen molar-refractivity contribution in [3.63, 3.8) is 0 Å². The van der Waals surface area contributed by atoms with E-state index in [1.165, 1.54) is 6.92 Å². The van der Waals surface area contributed by atoms with Crippen LogP contribution in [-0.2, 0) is 15.2 Å². The van der Waals surface area contributed by atoms with Crippen molar-refractivity contribution in [3.8, 4) is 0 Å². The fourth-order valence-corrected chi connectivity index (χ4v) is 3.63. The average Bonchev–Trinajstić information content (AvgIpc) is 2.81. The van der Waals surface area contributed by atoms with Gasteiger partial charge in [0.25, 0.3) is 5.91 Å². The van der Waals surface area contributed by atoms with Gasteiger partial charge >= 0.3 is 0 Å². The molecule has 2 aliphatic heterocycles. The van der Waals surface area contributed by atoms with Gasteiger partial charge in [-0.2, -0.15) is 0 Å². The molecular formula is C17H21ClN2O3. The molecule has 1 aromatic rings. The first-order valence-corrected chi connectivity index (χ1v) is 8.33. The van der Waals surface area contributed by atoms with Crippen LogP contribution in [0.25, 0.3) is 0 Å². The summed E-state index contributed by atoms with van der Waals surface area (Å²) in [6, 6.07) is 6.64. The highest BCUT2D eigenvalue weighted by Crippen LogP contribution is 2.30. The standard InChI is InChI=1S/C17H21ClN2O3/c1-17(23,12-5-7-13(18)8-6-12)16(22)20-9-11-3-2-4-15(21)19-14(11)10-20/h5-8,11,14,23H,2-4,9-10H2,1H3,(H,19,21). The van der Waals surface area contributed by atoms with E-state index in [-0.39, 0.29) is 23.8 Å². The molecule has 1 aromatic carbocycles. The van der Waals surface area contributed by atoms with E-state index in [2.05, 4.69) is 5.32 Å². The molecular weight excluding hydrogens is 316 g/mol. The number of carbonyl (C=O) groups is 2. The summed E-state index contributed by atoms with van der Waals surface area (Å²) in [5.74, 6) is -0.00942. The Balaban J connectivity index is 1.75. The summed E-state index contributed by atoms with van der Waals surface area (Å²) in [4.78, 5) is 26.1. The smallest absolute Gasteiger partial charge is 0.258 e. The Kier molecular flexibility index (Phi) is 4.34. The van der Waals surface area contributed by atoms with Gasteiger partial charge in [0, 0.05) is 24.5 Å². The number of amides is 2. The van der Waals surface area contributed by atoms with Gasteiger partial charge in [-0.3, -0.25) is 9.59 Å². The van der Waals surface area contributed by atoms with Gasteiger partial charge < -0.3 is 15.3 Å². The second-order valence-corrected chi connectivity index (χ2v) is 7.05. The lowest BCUT2D eigenvalue weighted by Crippen LogP contribution is -2.45. The predicted octanol–water partition coefficient (Wildman–Crippen LogP) is 1.67. The molecule has 2 fully saturated rings. The Morgan fingerprint density at radius 3 is 2.74 bits per heavy atom. The number of carbonyl (C=O) groups excluding carboxylic acids is 2. The van der Waals surface area contributed by atoms with Crippen molar-refractivity contribution < 1.29 is 14.7 Å². The van der Waals surface area contributed by atoms with Crippen LogP contribution >= 0.6 is 11.6 Å². The maximum atomic E-state index is 12.8. The van der Waals surface area contributed by atoms with Gasteiger partial charge in [0.15, 0.2) is 5.60 Å². The van der Waals surface area contributed by atoms with Crippen molar-refractivity contribution in [3.05, 3.63) is 34.9 Å². The molecule has 23 heavy (non-hydrogen) atoms. The number of hydrogen-bond donors (Lipinski definition) is 2. The molecule has 0 spiro atoms. The molecule has 0 aliphatic carbocycles. The molecule has 5 nitrogen and oxygen atoms in total. The van der Waals surface area contributed by atoms with Crippen LogP contribution in [0.15, 0.2) is 24.3 Å². The van der Waals surface area contributed by atoms with Crippen LogP contribution in [-0.4, -0.2) is 41.0 Å². The minimum Gasteiger partial charge on any atom is -0.376 e. The Bertz CT molecular complexity index is 615. The summed E-state index contributed by atoms with van der Waals surface area (Å²) in [6.45, 7) is 2.54. The topological polar surface area (TPSA) is 69.6 Å². The van der Waals surface area contributed by atoms with Gasteiger partial charge in [-0.15, -0.1) is 0 Å². The highest BCUT2D eigenvalue weighted by molar-refractivity contribution is 6.30. The fraction of sp³-hybridized carbons (Fsp3) is 0.529. The molecule has 0 aromatic heterocycles. The van der Waals surface area contributed by atoms with E-state index in [9.17, 15) is 14.7 Å². The van der Waals surface area contributed by atoms with Crippen LogP contribution in [0.1, 0.15) is 31.7 Å². The van der Waals surface area contributed by atoms with Crippen LogP contribution in [0.4, 0.5) is 0 Å². The predicted molar refractivity (Wildman–Crippen MR) is 86.9 cm³/mol. The Morgan fingerprint density at radius 2 is 2.04 bits per heavy atom. The van der Waals surface area contributed by atoms with Crippen LogP contribution in [0.2, 0.25) is 5.02 Å². The van der Waals surface area contributed by atoms with Crippen LogP contribution < -0.4 is 5.32 Å². The molecule has 2 aliphatic rings. The second kappa shape index (κ2) is 6.13. The molecule has 2 amide bonds. The fourth-order valence-electron chi connectivity index (χ4n) is 3.50. The molecule has 2 saturated heterocycles. The van der Waals surface area contributed by atoms with Gasteiger partial charge in [0.05, 0.1) is 6.04 Å². The molecule has 3 unspecified atom stereocenters. The number of fused-ring (bicyclic) bond motifs is 1. The third-order valence-electron chi connectivity index (χ3n) is 4.88. The molecule has 3 atom stereocenters. The van der Waals surface area contributed by atoms with Gasteiger partial charge in [-0.25, -0.2) is 0 Å². The summed E-state index contributed by atoms with van der Waals surface area (Å²) in [5.41, 5.74) is -1.08. The van der Waals surface area contributed by atoms with E-state index in [1.807, 2.05) is 0 Å². The maximum absolute atomic E-state index is 12.8. The summed E-state index contributed by atoms with van der Waals surface area (Å²) in [5, 5.41) is 14.3. The van der Waals surface area contributed by atoms with Gasteiger partial charge in [0.2, 0.25) is 5.91 Å². The average molecular weight is 337 g/mol. The monoisotopic (exact) mass is 336 g/mol. The number of hydrogen-bond acceptors (Lipinski definition) is 3. The number of nitrogens with zero attached hydrogens (tertiary/aromatic N) is 1. The molecule has 6 heteroatoms. The summed E-state index contributed by atoms with van der Waals surface area (Å²) < 4.78 is 0. The van der Waals surface area contributed by atoms with E-state index in [0.717, 1.165) is 12.8 Å².